The first-order valence-corrected chi connectivity index (χ1v) is 6.79. The van der Waals surface area contributed by atoms with Gasteiger partial charge in [0.2, 0.25) is 0 Å². The first kappa shape index (κ1) is 12.4. The highest BCUT2D eigenvalue weighted by Gasteiger charge is 1.99. The molecule has 0 bridgehead atoms. The fraction of sp³-hybridized carbons (Fsp3) is 0.583. The third-order valence-electron chi connectivity index (χ3n) is 2.23. The highest BCUT2D eigenvalue weighted by atomic mass is 32.2. The molecule has 0 atom stereocenters. The topological polar surface area (TPSA) is 24.9 Å². The van der Waals surface area contributed by atoms with Crippen LogP contribution in [-0.2, 0) is 6.42 Å². The summed E-state index contributed by atoms with van der Waals surface area (Å²) < 4.78 is 0. The van der Waals surface area contributed by atoms with Crippen molar-refractivity contribution in [3.8, 4) is 0 Å². The number of hydrogen-bond acceptors (Lipinski definition) is 3. The van der Waals surface area contributed by atoms with Gasteiger partial charge in [0.05, 0.1) is 0 Å². The summed E-state index contributed by atoms with van der Waals surface area (Å²) in [6.07, 6.45) is 4.10. The Labute approximate surface area is 96.9 Å². The van der Waals surface area contributed by atoms with E-state index < -0.39 is 0 Å². The van der Waals surface area contributed by atoms with E-state index in [1.165, 1.54) is 23.5 Å². The average Bonchev–Trinajstić information content (AvgIpc) is 2.29. The maximum Gasteiger partial charge on any atom is 0.129 e. The smallest absolute Gasteiger partial charge is 0.129 e. The van der Waals surface area contributed by atoms with Gasteiger partial charge in [0.15, 0.2) is 0 Å². The van der Waals surface area contributed by atoms with Crippen molar-refractivity contribution in [2.75, 3.05) is 23.4 Å². The van der Waals surface area contributed by atoms with Crippen molar-refractivity contribution in [3.63, 3.8) is 0 Å². The quantitative estimate of drug-likeness (QED) is 0.720. The monoisotopic (exact) mass is 224 g/mol. The summed E-state index contributed by atoms with van der Waals surface area (Å²) in [4.78, 5) is 4.35. The molecule has 1 N–H and O–H groups in total. The molecule has 1 heterocycles. The maximum absolute atomic E-state index is 4.35. The molecule has 0 spiro atoms. The van der Waals surface area contributed by atoms with Crippen molar-refractivity contribution in [1.82, 2.24) is 4.98 Å². The molecule has 0 aliphatic rings. The number of anilines is 1. The minimum Gasteiger partial charge on any atom is -0.370 e. The predicted molar refractivity (Wildman–Crippen MR) is 69.7 cm³/mol. The highest BCUT2D eigenvalue weighted by molar-refractivity contribution is 7.99. The lowest BCUT2D eigenvalue weighted by Gasteiger charge is -2.08. The third-order valence-corrected chi connectivity index (χ3v) is 3.22. The molecular formula is C12H20N2S. The zero-order valence-electron chi connectivity index (χ0n) is 9.62. The van der Waals surface area contributed by atoms with E-state index in [1.807, 2.05) is 24.0 Å². The molecule has 3 heteroatoms. The third kappa shape index (κ3) is 4.56. The first-order chi connectivity index (χ1) is 7.38. The van der Waals surface area contributed by atoms with Crippen molar-refractivity contribution in [3.05, 3.63) is 23.9 Å². The van der Waals surface area contributed by atoms with E-state index in [0.29, 0.717) is 0 Å². The standard InChI is InChI=1S/C12H20N2S/c1-3-11-7-5-8-13-12(11)14-9-6-10-15-4-2/h5,7-8H,3-4,6,9-10H2,1-2H3,(H,13,14). The van der Waals surface area contributed by atoms with Gasteiger partial charge in [0, 0.05) is 12.7 Å². The van der Waals surface area contributed by atoms with Crippen LogP contribution in [0.3, 0.4) is 0 Å². The van der Waals surface area contributed by atoms with E-state index in [9.17, 15) is 0 Å². The molecule has 0 fully saturated rings. The van der Waals surface area contributed by atoms with Gasteiger partial charge in [-0.15, -0.1) is 0 Å². The number of hydrogen-bond donors (Lipinski definition) is 1. The summed E-state index contributed by atoms with van der Waals surface area (Å²) >= 11 is 1.99. The molecule has 0 saturated carbocycles. The number of aryl methyl sites for hydroxylation is 1. The summed E-state index contributed by atoms with van der Waals surface area (Å²) in [6, 6.07) is 4.13. The summed E-state index contributed by atoms with van der Waals surface area (Å²) in [6.45, 7) is 5.39. The van der Waals surface area contributed by atoms with Crippen LogP contribution in [0.2, 0.25) is 0 Å². The van der Waals surface area contributed by atoms with E-state index >= 15 is 0 Å². The Bertz CT molecular complexity index is 276. The van der Waals surface area contributed by atoms with Crippen molar-refractivity contribution >= 4 is 17.6 Å². The molecule has 84 valence electrons. The Morgan fingerprint density at radius 1 is 1.40 bits per heavy atom. The lowest BCUT2D eigenvalue weighted by Crippen LogP contribution is -2.06. The van der Waals surface area contributed by atoms with Crippen LogP contribution in [0.25, 0.3) is 0 Å². The minimum atomic E-state index is 1.02. The van der Waals surface area contributed by atoms with Gasteiger partial charge in [-0.3, -0.25) is 0 Å². The van der Waals surface area contributed by atoms with E-state index in [1.54, 1.807) is 0 Å². The molecule has 0 aliphatic heterocycles. The van der Waals surface area contributed by atoms with Crippen LogP contribution in [0.1, 0.15) is 25.8 Å². The van der Waals surface area contributed by atoms with Crippen LogP contribution in [0.4, 0.5) is 5.82 Å². The first-order valence-electron chi connectivity index (χ1n) is 5.64. The molecule has 0 radical (unpaired) electrons. The molecule has 1 aromatic rings. The van der Waals surface area contributed by atoms with Crippen LogP contribution >= 0.6 is 11.8 Å². The predicted octanol–water partition coefficient (Wildman–Crippen LogP) is 3.20. The van der Waals surface area contributed by atoms with Gasteiger partial charge >= 0.3 is 0 Å². The Morgan fingerprint density at radius 3 is 3.00 bits per heavy atom. The van der Waals surface area contributed by atoms with E-state index in [4.69, 9.17) is 0 Å². The summed E-state index contributed by atoms with van der Waals surface area (Å²) in [5.41, 5.74) is 1.31. The molecule has 15 heavy (non-hydrogen) atoms. The van der Waals surface area contributed by atoms with Crippen molar-refractivity contribution in [2.45, 2.75) is 26.7 Å². The minimum absolute atomic E-state index is 1.02. The zero-order chi connectivity index (χ0) is 10.9. The Balaban J connectivity index is 2.30. The molecule has 0 aliphatic carbocycles. The van der Waals surface area contributed by atoms with E-state index in [-0.39, 0.29) is 0 Å². The molecule has 0 saturated heterocycles. The van der Waals surface area contributed by atoms with Gasteiger partial charge in [0.1, 0.15) is 5.82 Å². The van der Waals surface area contributed by atoms with Crippen LogP contribution < -0.4 is 5.32 Å². The SMILES string of the molecule is CCSCCCNc1ncccc1CC. The molecule has 0 aromatic carbocycles. The second-order valence-electron chi connectivity index (χ2n) is 3.34. The lowest BCUT2D eigenvalue weighted by atomic mass is 10.2. The number of rotatable bonds is 7. The van der Waals surface area contributed by atoms with Crippen molar-refractivity contribution < 1.29 is 0 Å². The van der Waals surface area contributed by atoms with Gasteiger partial charge in [-0.25, -0.2) is 4.98 Å². The average molecular weight is 224 g/mol. The highest BCUT2D eigenvalue weighted by Crippen LogP contribution is 2.11. The van der Waals surface area contributed by atoms with Crippen LogP contribution in [-0.4, -0.2) is 23.0 Å². The fourth-order valence-corrected chi connectivity index (χ4v) is 2.05. The summed E-state index contributed by atoms with van der Waals surface area (Å²) in [5.74, 6) is 3.50. The molecule has 1 aromatic heterocycles. The van der Waals surface area contributed by atoms with Crippen LogP contribution in [0.5, 0.6) is 0 Å². The number of thioether (sulfide) groups is 1. The van der Waals surface area contributed by atoms with E-state index in [2.05, 4.69) is 30.2 Å². The number of nitrogens with zero attached hydrogens (tertiary/aromatic N) is 1. The second-order valence-corrected chi connectivity index (χ2v) is 4.74. The molecule has 0 amide bonds. The van der Waals surface area contributed by atoms with Gasteiger partial charge in [-0.05, 0) is 36.0 Å². The lowest BCUT2D eigenvalue weighted by molar-refractivity contribution is 0.968. The van der Waals surface area contributed by atoms with Gasteiger partial charge < -0.3 is 5.32 Å². The Morgan fingerprint density at radius 2 is 2.27 bits per heavy atom. The molecular weight excluding hydrogens is 204 g/mol. The van der Waals surface area contributed by atoms with Crippen molar-refractivity contribution in [1.29, 1.82) is 0 Å². The summed E-state index contributed by atoms with van der Waals surface area (Å²) in [5, 5.41) is 3.40. The fourth-order valence-electron chi connectivity index (χ4n) is 1.41. The van der Waals surface area contributed by atoms with Gasteiger partial charge in [-0.1, -0.05) is 19.9 Å². The molecule has 0 unspecified atom stereocenters. The van der Waals surface area contributed by atoms with Gasteiger partial charge in [0.25, 0.3) is 0 Å². The van der Waals surface area contributed by atoms with Gasteiger partial charge in [-0.2, -0.15) is 11.8 Å². The number of nitrogens with one attached hydrogen (secondary N) is 1. The van der Waals surface area contributed by atoms with Crippen molar-refractivity contribution in [2.24, 2.45) is 0 Å². The molecule has 2 nitrogen and oxygen atoms in total. The van der Waals surface area contributed by atoms with E-state index in [0.717, 1.165) is 18.8 Å². The largest absolute Gasteiger partial charge is 0.370 e. The second kappa shape index (κ2) is 7.57. The molecule has 1 rings (SSSR count). The zero-order valence-corrected chi connectivity index (χ0v) is 10.4. The number of pyridine rings is 1. The normalized spacial score (nSPS) is 10.3. The van der Waals surface area contributed by atoms with Crippen LogP contribution in [0, 0.1) is 0 Å². The Hall–Kier alpha value is -0.700. The number of aromatic nitrogens is 1. The maximum atomic E-state index is 4.35. The van der Waals surface area contributed by atoms with Crippen LogP contribution in [0.15, 0.2) is 18.3 Å². The Kier molecular flexibility index (Phi) is 6.25. The summed E-state index contributed by atoms with van der Waals surface area (Å²) in [7, 11) is 0.